The van der Waals surface area contributed by atoms with Crippen LogP contribution < -0.4 is 5.32 Å². The van der Waals surface area contributed by atoms with Crippen molar-refractivity contribution < 1.29 is 19.0 Å². The van der Waals surface area contributed by atoms with E-state index in [9.17, 15) is 9.18 Å². The van der Waals surface area contributed by atoms with E-state index in [2.05, 4.69) is 5.32 Å². The molecular weight excluding hydrogens is 287 g/mol. The second-order valence-corrected chi connectivity index (χ2v) is 4.60. The number of amides is 1. The molecule has 1 rings (SSSR count). The molecule has 5 nitrogen and oxygen atoms in total. The van der Waals surface area contributed by atoms with E-state index in [4.69, 9.17) is 21.4 Å². The largest absolute Gasteiger partial charge is 0.395 e. The Morgan fingerprint density at radius 2 is 2.25 bits per heavy atom. The van der Waals surface area contributed by atoms with Crippen molar-refractivity contribution in [1.82, 2.24) is 4.90 Å². The average molecular weight is 305 g/mol. The van der Waals surface area contributed by atoms with Gasteiger partial charge in [-0.1, -0.05) is 11.6 Å². The van der Waals surface area contributed by atoms with Crippen molar-refractivity contribution in [2.45, 2.75) is 0 Å². The van der Waals surface area contributed by atoms with E-state index in [-0.39, 0.29) is 24.7 Å². The van der Waals surface area contributed by atoms with Crippen LogP contribution in [0.3, 0.4) is 0 Å². The first-order valence-electron chi connectivity index (χ1n) is 6.14. The van der Waals surface area contributed by atoms with E-state index in [0.29, 0.717) is 24.7 Å². The highest BCUT2D eigenvalue weighted by molar-refractivity contribution is 6.30. The SMILES string of the molecule is COCCN(CCO)CC(=O)Nc1cc(Cl)ccc1F. The Hall–Kier alpha value is -1.21. The summed E-state index contributed by atoms with van der Waals surface area (Å²) in [6.07, 6.45) is 0. The van der Waals surface area contributed by atoms with E-state index in [1.807, 2.05) is 0 Å². The number of hydrogen-bond donors (Lipinski definition) is 2. The molecule has 20 heavy (non-hydrogen) atoms. The van der Waals surface area contributed by atoms with E-state index in [1.165, 1.54) is 18.2 Å². The fourth-order valence-electron chi connectivity index (χ4n) is 1.62. The molecule has 0 aromatic heterocycles. The number of aliphatic hydroxyl groups is 1. The topological polar surface area (TPSA) is 61.8 Å². The number of benzene rings is 1. The summed E-state index contributed by atoms with van der Waals surface area (Å²) in [7, 11) is 1.55. The third-order valence-corrected chi connectivity index (χ3v) is 2.83. The minimum absolute atomic E-state index is 0.0376. The van der Waals surface area contributed by atoms with Gasteiger partial charge in [-0.15, -0.1) is 0 Å². The number of carbonyl (C=O) groups excluding carboxylic acids is 1. The zero-order valence-corrected chi connectivity index (χ0v) is 12.0. The van der Waals surface area contributed by atoms with Crippen molar-refractivity contribution >= 4 is 23.2 Å². The Kier molecular flexibility index (Phi) is 7.46. The van der Waals surface area contributed by atoms with Crippen LogP contribution in [0.5, 0.6) is 0 Å². The highest BCUT2D eigenvalue weighted by atomic mass is 35.5. The number of anilines is 1. The Morgan fingerprint density at radius 1 is 1.50 bits per heavy atom. The first-order valence-corrected chi connectivity index (χ1v) is 6.51. The molecule has 0 spiro atoms. The summed E-state index contributed by atoms with van der Waals surface area (Å²) >= 11 is 5.75. The monoisotopic (exact) mass is 304 g/mol. The van der Waals surface area contributed by atoms with Gasteiger partial charge >= 0.3 is 0 Å². The summed E-state index contributed by atoms with van der Waals surface area (Å²) in [4.78, 5) is 13.5. The predicted octanol–water partition coefficient (Wildman–Crippen LogP) is 1.36. The lowest BCUT2D eigenvalue weighted by atomic mass is 10.3. The van der Waals surface area contributed by atoms with Gasteiger partial charge in [0.1, 0.15) is 5.82 Å². The van der Waals surface area contributed by atoms with Gasteiger partial charge < -0.3 is 15.2 Å². The molecule has 1 aromatic rings. The maximum atomic E-state index is 13.5. The maximum Gasteiger partial charge on any atom is 0.238 e. The van der Waals surface area contributed by atoms with Crippen molar-refractivity contribution in [3.8, 4) is 0 Å². The van der Waals surface area contributed by atoms with Crippen LogP contribution >= 0.6 is 11.6 Å². The van der Waals surface area contributed by atoms with Crippen molar-refractivity contribution in [2.75, 3.05) is 45.3 Å². The van der Waals surface area contributed by atoms with Gasteiger partial charge in [-0.2, -0.15) is 0 Å². The van der Waals surface area contributed by atoms with Crippen molar-refractivity contribution in [2.24, 2.45) is 0 Å². The number of halogens is 2. The minimum atomic E-state index is -0.548. The maximum absolute atomic E-state index is 13.5. The minimum Gasteiger partial charge on any atom is -0.395 e. The fraction of sp³-hybridized carbons (Fsp3) is 0.462. The van der Waals surface area contributed by atoms with Crippen molar-refractivity contribution in [3.63, 3.8) is 0 Å². The molecule has 0 bridgehead atoms. The normalized spacial score (nSPS) is 10.8. The number of hydrogen-bond acceptors (Lipinski definition) is 4. The Balaban J connectivity index is 2.58. The Labute approximate surface area is 122 Å². The van der Waals surface area contributed by atoms with Crippen LogP contribution in [-0.4, -0.2) is 55.9 Å². The average Bonchev–Trinajstić information content (AvgIpc) is 2.40. The molecule has 0 aliphatic rings. The lowest BCUT2D eigenvalue weighted by Gasteiger charge is -2.20. The summed E-state index contributed by atoms with van der Waals surface area (Å²) in [5.74, 6) is -0.927. The molecule has 2 N–H and O–H groups in total. The highest BCUT2D eigenvalue weighted by Crippen LogP contribution is 2.19. The van der Waals surface area contributed by atoms with Gasteiger partial charge in [-0.25, -0.2) is 4.39 Å². The summed E-state index contributed by atoms with van der Waals surface area (Å²) in [5, 5.41) is 11.7. The molecule has 0 aliphatic heterocycles. The summed E-state index contributed by atoms with van der Waals surface area (Å²) in [6, 6.07) is 3.94. The quantitative estimate of drug-likeness (QED) is 0.761. The predicted molar refractivity (Wildman–Crippen MR) is 75.4 cm³/mol. The standard InChI is InChI=1S/C13H18ClFN2O3/c1-20-7-5-17(4-6-18)9-13(19)16-12-8-10(14)2-3-11(12)15/h2-3,8,18H,4-7,9H2,1H3,(H,16,19). The molecule has 0 heterocycles. The molecule has 0 radical (unpaired) electrons. The van der Waals surface area contributed by atoms with E-state index < -0.39 is 5.82 Å². The van der Waals surface area contributed by atoms with E-state index in [1.54, 1.807) is 12.0 Å². The highest BCUT2D eigenvalue weighted by Gasteiger charge is 2.12. The van der Waals surface area contributed by atoms with Gasteiger partial charge in [0.2, 0.25) is 5.91 Å². The summed E-state index contributed by atoms with van der Waals surface area (Å²) in [5.41, 5.74) is 0.0400. The number of nitrogens with zero attached hydrogens (tertiary/aromatic N) is 1. The molecule has 1 amide bonds. The van der Waals surface area contributed by atoms with Crippen LogP contribution in [0.1, 0.15) is 0 Å². The zero-order valence-electron chi connectivity index (χ0n) is 11.2. The first-order chi connectivity index (χ1) is 9.56. The second-order valence-electron chi connectivity index (χ2n) is 4.16. The lowest BCUT2D eigenvalue weighted by molar-refractivity contribution is -0.117. The number of ether oxygens (including phenoxy) is 1. The molecular formula is C13H18ClFN2O3. The molecule has 0 atom stereocenters. The third-order valence-electron chi connectivity index (χ3n) is 2.60. The van der Waals surface area contributed by atoms with Crippen LogP contribution in [0.15, 0.2) is 18.2 Å². The summed E-state index contributed by atoms with van der Waals surface area (Å²) in [6.45, 7) is 1.26. The van der Waals surface area contributed by atoms with Gasteiger partial charge in [-0.3, -0.25) is 9.69 Å². The second kappa shape index (κ2) is 8.86. The lowest BCUT2D eigenvalue weighted by Crippen LogP contribution is -2.37. The fourth-order valence-corrected chi connectivity index (χ4v) is 1.79. The molecule has 0 fully saturated rings. The molecule has 0 aliphatic carbocycles. The molecule has 7 heteroatoms. The smallest absolute Gasteiger partial charge is 0.238 e. The van der Waals surface area contributed by atoms with Gasteiger partial charge in [0, 0.05) is 25.2 Å². The van der Waals surface area contributed by atoms with E-state index in [0.717, 1.165) is 0 Å². The molecule has 112 valence electrons. The Morgan fingerprint density at radius 3 is 2.90 bits per heavy atom. The zero-order chi connectivity index (χ0) is 15.0. The number of rotatable bonds is 8. The van der Waals surface area contributed by atoms with Crippen molar-refractivity contribution in [3.05, 3.63) is 29.0 Å². The summed E-state index contributed by atoms with van der Waals surface area (Å²) < 4.78 is 18.4. The van der Waals surface area contributed by atoms with Gasteiger partial charge in [-0.05, 0) is 18.2 Å². The van der Waals surface area contributed by atoms with Crippen LogP contribution in [0.25, 0.3) is 0 Å². The van der Waals surface area contributed by atoms with Crippen LogP contribution in [-0.2, 0) is 9.53 Å². The molecule has 0 saturated carbocycles. The van der Waals surface area contributed by atoms with Crippen LogP contribution in [0.2, 0.25) is 5.02 Å². The Bertz CT molecular complexity index is 446. The molecule has 1 aromatic carbocycles. The number of aliphatic hydroxyl groups excluding tert-OH is 1. The molecule has 0 unspecified atom stereocenters. The van der Waals surface area contributed by atoms with Crippen LogP contribution in [0, 0.1) is 5.82 Å². The number of nitrogens with one attached hydrogen (secondary N) is 1. The number of carbonyl (C=O) groups is 1. The van der Waals surface area contributed by atoms with Gasteiger partial charge in [0.25, 0.3) is 0 Å². The molecule has 0 saturated heterocycles. The van der Waals surface area contributed by atoms with Gasteiger partial charge in [0.05, 0.1) is 25.4 Å². The van der Waals surface area contributed by atoms with Crippen LogP contribution in [0.4, 0.5) is 10.1 Å². The van der Waals surface area contributed by atoms with E-state index >= 15 is 0 Å². The third kappa shape index (κ3) is 5.83. The van der Waals surface area contributed by atoms with Crippen molar-refractivity contribution in [1.29, 1.82) is 0 Å². The first kappa shape index (κ1) is 16.8. The van der Waals surface area contributed by atoms with Gasteiger partial charge in [0.15, 0.2) is 0 Å². The number of methoxy groups -OCH3 is 1.